The molecule has 6 rings (SSSR count). The number of nitrogens with two attached hydrogens (primary N) is 1. The Bertz CT molecular complexity index is 1370. The molecule has 3 aromatic heterocycles. The first kappa shape index (κ1) is 25.3. The van der Waals surface area contributed by atoms with E-state index < -0.39 is 5.41 Å². The predicted octanol–water partition coefficient (Wildman–Crippen LogP) is 3.91. The number of ether oxygens (including phenoxy) is 1. The average molecular weight is 534 g/mol. The molecular weight excluding hydrogens is 498 g/mol. The van der Waals surface area contributed by atoms with Crippen LogP contribution in [0.25, 0.3) is 11.5 Å². The van der Waals surface area contributed by atoms with Crippen molar-refractivity contribution in [1.82, 2.24) is 25.3 Å². The van der Waals surface area contributed by atoms with E-state index >= 15 is 0 Å². The molecule has 0 spiro atoms. The Hall–Kier alpha value is -3.00. The number of nitrogen functional groups attached to an aromatic ring is 1. The van der Waals surface area contributed by atoms with Crippen molar-refractivity contribution in [3.8, 4) is 23.3 Å². The number of anilines is 1. The molecule has 0 amide bonds. The van der Waals surface area contributed by atoms with Crippen LogP contribution in [0.1, 0.15) is 67.1 Å². The van der Waals surface area contributed by atoms with Gasteiger partial charge < -0.3 is 25.2 Å². The zero-order valence-corrected chi connectivity index (χ0v) is 23.1. The lowest BCUT2D eigenvalue weighted by Gasteiger charge is -2.30. The normalized spacial score (nSPS) is 24.5. The van der Waals surface area contributed by atoms with E-state index in [4.69, 9.17) is 25.0 Å². The highest BCUT2D eigenvalue weighted by atomic mass is 32.1. The van der Waals surface area contributed by atoms with E-state index in [0.717, 1.165) is 67.2 Å². The minimum atomic E-state index is -0.561. The Morgan fingerprint density at radius 3 is 2.89 bits per heavy atom. The summed E-state index contributed by atoms with van der Waals surface area (Å²) >= 11 is 1.50. The number of pyridine rings is 1. The number of thiophene rings is 1. The average Bonchev–Trinajstić information content (AvgIpc) is 3.60. The van der Waals surface area contributed by atoms with Crippen molar-refractivity contribution in [3.05, 3.63) is 39.7 Å². The van der Waals surface area contributed by atoms with Gasteiger partial charge in [0.05, 0.1) is 11.0 Å². The van der Waals surface area contributed by atoms with Crippen LogP contribution < -0.4 is 15.8 Å². The van der Waals surface area contributed by atoms with Crippen LogP contribution in [0.2, 0.25) is 0 Å². The molecule has 0 saturated carbocycles. The maximum absolute atomic E-state index is 9.83. The maximum atomic E-state index is 9.83. The van der Waals surface area contributed by atoms with Gasteiger partial charge in [0.2, 0.25) is 11.7 Å². The van der Waals surface area contributed by atoms with Gasteiger partial charge in [-0.15, -0.1) is 11.3 Å². The quantitative estimate of drug-likeness (QED) is 0.465. The first-order chi connectivity index (χ1) is 18.4. The standard InChI is InChI=1S/C28H35N7O2S/c1-16(22-6-5-9-35(22)3)10-17-11-18(36-19-14-31-15-19)12-21(32-17)26-33-27(37-34-26)28(2)8-4-7-23-24(28)20(13-29)25(30)38-23/h11-12,16,19,22,31H,4-10,14-15,30H2,1-3H3/t16-,22?,28+/m1/s1. The fraction of sp³-hybridized carbons (Fsp3) is 0.571. The van der Waals surface area contributed by atoms with Gasteiger partial charge in [-0.05, 0) is 65.0 Å². The number of fused-ring (bicyclic) bond motifs is 1. The van der Waals surface area contributed by atoms with Gasteiger partial charge in [-0.1, -0.05) is 12.1 Å². The third-order valence-electron chi connectivity index (χ3n) is 8.54. The van der Waals surface area contributed by atoms with Crippen LogP contribution in [-0.2, 0) is 18.3 Å². The van der Waals surface area contributed by atoms with Crippen molar-refractivity contribution >= 4 is 16.3 Å². The first-order valence-corrected chi connectivity index (χ1v) is 14.4. The Morgan fingerprint density at radius 1 is 1.34 bits per heavy atom. The zero-order chi connectivity index (χ0) is 26.4. The number of nitrogens with one attached hydrogen (secondary N) is 1. The third-order valence-corrected chi connectivity index (χ3v) is 9.62. The highest BCUT2D eigenvalue weighted by Crippen LogP contribution is 2.48. The summed E-state index contributed by atoms with van der Waals surface area (Å²) < 4.78 is 12.1. The van der Waals surface area contributed by atoms with Crippen LogP contribution in [0.3, 0.4) is 0 Å². The minimum Gasteiger partial charge on any atom is -0.488 e. The van der Waals surface area contributed by atoms with Gasteiger partial charge in [-0.25, -0.2) is 4.98 Å². The number of aryl methyl sites for hydroxylation is 1. The molecule has 2 saturated heterocycles. The molecule has 9 nitrogen and oxygen atoms in total. The molecule has 200 valence electrons. The van der Waals surface area contributed by atoms with Crippen molar-refractivity contribution in [2.24, 2.45) is 5.92 Å². The van der Waals surface area contributed by atoms with Crippen LogP contribution in [0, 0.1) is 17.2 Å². The molecule has 3 atom stereocenters. The van der Waals surface area contributed by atoms with E-state index in [1.54, 1.807) is 0 Å². The Labute approximate surface area is 227 Å². The number of aromatic nitrogens is 3. The number of likely N-dealkylation sites (tertiary alicyclic amines) is 1. The maximum Gasteiger partial charge on any atom is 0.237 e. The molecule has 3 aliphatic rings. The lowest BCUT2D eigenvalue weighted by molar-refractivity contribution is 0.142. The lowest BCUT2D eigenvalue weighted by Crippen LogP contribution is -2.50. The molecule has 3 aromatic rings. The smallest absolute Gasteiger partial charge is 0.237 e. The summed E-state index contributed by atoms with van der Waals surface area (Å²) in [5.74, 6) is 2.20. The van der Waals surface area contributed by atoms with Gasteiger partial charge >= 0.3 is 0 Å². The fourth-order valence-electron chi connectivity index (χ4n) is 6.37. The molecule has 2 aliphatic heterocycles. The van der Waals surface area contributed by atoms with Gasteiger partial charge in [0.25, 0.3) is 0 Å². The monoisotopic (exact) mass is 533 g/mol. The molecule has 0 radical (unpaired) electrons. The van der Waals surface area contributed by atoms with Crippen LogP contribution in [0.4, 0.5) is 5.00 Å². The van der Waals surface area contributed by atoms with Gasteiger partial charge in [0.1, 0.15) is 28.6 Å². The van der Waals surface area contributed by atoms with Crippen molar-refractivity contribution < 1.29 is 9.26 Å². The van der Waals surface area contributed by atoms with Crippen molar-refractivity contribution in [3.63, 3.8) is 0 Å². The second-order valence-electron chi connectivity index (χ2n) is 11.3. The number of nitrogens with zero attached hydrogens (tertiary/aromatic N) is 5. The van der Waals surface area contributed by atoms with E-state index in [0.29, 0.717) is 39.9 Å². The second kappa shape index (κ2) is 9.95. The van der Waals surface area contributed by atoms with Crippen LogP contribution in [0.5, 0.6) is 5.75 Å². The number of rotatable bonds is 7. The van der Waals surface area contributed by atoms with E-state index in [-0.39, 0.29) is 6.10 Å². The van der Waals surface area contributed by atoms with Crippen LogP contribution >= 0.6 is 11.3 Å². The molecule has 5 heterocycles. The van der Waals surface area contributed by atoms with Gasteiger partial charge in [-0.3, -0.25) is 0 Å². The number of nitriles is 1. The topological polar surface area (TPSA) is 126 Å². The Kier molecular flexibility index (Phi) is 6.62. The SMILES string of the molecule is C[C@H](Cc1cc(OC2CNC2)cc(-c2noc([C@@]3(C)CCCc4sc(N)c(C#N)c43)n2)n1)C1CCCN1C. The van der Waals surface area contributed by atoms with Crippen molar-refractivity contribution in [2.75, 3.05) is 32.4 Å². The van der Waals surface area contributed by atoms with E-state index in [1.807, 2.05) is 6.07 Å². The summed E-state index contributed by atoms with van der Waals surface area (Å²) in [6.45, 7) is 7.23. The van der Waals surface area contributed by atoms with E-state index in [2.05, 4.69) is 48.4 Å². The fourth-order valence-corrected chi connectivity index (χ4v) is 7.56. The highest BCUT2D eigenvalue weighted by Gasteiger charge is 2.43. The largest absolute Gasteiger partial charge is 0.488 e. The minimum absolute atomic E-state index is 0.158. The Morgan fingerprint density at radius 2 is 2.18 bits per heavy atom. The molecule has 1 unspecified atom stereocenters. The van der Waals surface area contributed by atoms with Gasteiger partial charge in [0, 0.05) is 47.4 Å². The molecular formula is C28H35N7O2S. The summed E-state index contributed by atoms with van der Waals surface area (Å²) in [4.78, 5) is 13.5. The first-order valence-electron chi connectivity index (χ1n) is 13.6. The summed E-state index contributed by atoms with van der Waals surface area (Å²) in [6.07, 6.45) is 6.18. The summed E-state index contributed by atoms with van der Waals surface area (Å²) in [6, 6.07) is 6.86. The zero-order valence-electron chi connectivity index (χ0n) is 22.3. The Balaban J connectivity index is 1.34. The van der Waals surface area contributed by atoms with Crippen LogP contribution in [0.15, 0.2) is 16.7 Å². The number of hydrogen-bond acceptors (Lipinski definition) is 10. The summed E-state index contributed by atoms with van der Waals surface area (Å²) in [5.41, 5.74) is 8.77. The van der Waals surface area contributed by atoms with Crippen LogP contribution in [-0.4, -0.2) is 58.9 Å². The molecule has 3 N–H and O–H groups in total. The number of hydrogen-bond donors (Lipinski definition) is 2. The predicted molar refractivity (Wildman–Crippen MR) is 146 cm³/mol. The second-order valence-corrected chi connectivity index (χ2v) is 12.4. The molecule has 38 heavy (non-hydrogen) atoms. The third kappa shape index (κ3) is 4.46. The van der Waals surface area contributed by atoms with E-state index in [1.165, 1.54) is 24.2 Å². The summed E-state index contributed by atoms with van der Waals surface area (Å²) in [5, 5.41) is 18.0. The van der Waals surface area contributed by atoms with Gasteiger partial charge in [-0.2, -0.15) is 10.2 Å². The van der Waals surface area contributed by atoms with E-state index in [9.17, 15) is 5.26 Å². The molecule has 0 aromatic carbocycles. The molecule has 2 fully saturated rings. The lowest BCUT2D eigenvalue weighted by atomic mass is 9.72. The highest BCUT2D eigenvalue weighted by molar-refractivity contribution is 7.16. The van der Waals surface area contributed by atoms with Crippen molar-refractivity contribution in [2.45, 2.75) is 69.9 Å². The molecule has 1 aliphatic carbocycles. The van der Waals surface area contributed by atoms with Gasteiger partial charge in [0.15, 0.2) is 0 Å². The molecule has 10 heteroatoms. The summed E-state index contributed by atoms with van der Waals surface area (Å²) in [7, 11) is 2.22. The molecule has 0 bridgehead atoms. The van der Waals surface area contributed by atoms with Crippen molar-refractivity contribution in [1.29, 1.82) is 5.26 Å².